The predicted octanol–water partition coefficient (Wildman–Crippen LogP) is 3.67. The molecule has 0 fully saturated rings. The molecule has 2 aromatic rings. The van der Waals surface area contributed by atoms with Crippen molar-refractivity contribution in [1.29, 1.82) is 0 Å². The Morgan fingerprint density at radius 2 is 2.06 bits per heavy atom. The average molecular weight is 243 g/mol. The first kappa shape index (κ1) is 12.7. The fraction of sp³-hybridized carbons (Fsp3) is 0.400. The summed E-state index contributed by atoms with van der Waals surface area (Å²) in [4.78, 5) is 4.34. The Hall–Kier alpha value is -1.77. The van der Waals surface area contributed by atoms with Gasteiger partial charge in [-0.3, -0.25) is 4.98 Å². The zero-order valence-corrected chi connectivity index (χ0v) is 11.3. The topological polar surface area (TPSA) is 50.9 Å². The molecule has 0 bridgehead atoms. The Labute approximate surface area is 108 Å². The SMILES string of the molecule is CCC(C)(C)CNc1ccc(N)c2ncccc12. The number of nitrogens with zero attached hydrogens (tertiary/aromatic N) is 1. The van der Waals surface area contributed by atoms with Gasteiger partial charge in [-0.25, -0.2) is 0 Å². The molecular formula is C15H21N3. The number of anilines is 2. The van der Waals surface area contributed by atoms with Crippen LogP contribution in [0.1, 0.15) is 27.2 Å². The first-order valence-electron chi connectivity index (χ1n) is 6.40. The molecule has 0 spiro atoms. The predicted molar refractivity (Wildman–Crippen MR) is 78.7 cm³/mol. The molecule has 3 N–H and O–H groups in total. The van der Waals surface area contributed by atoms with Crippen molar-refractivity contribution in [2.24, 2.45) is 5.41 Å². The van der Waals surface area contributed by atoms with E-state index in [1.54, 1.807) is 6.20 Å². The number of nitrogen functional groups attached to an aromatic ring is 1. The first-order chi connectivity index (χ1) is 8.53. The summed E-state index contributed by atoms with van der Waals surface area (Å²) in [6.45, 7) is 7.68. The molecule has 0 saturated heterocycles. The zero-order chi connectivity index (χ0) is 13.2. The third kappa shape index (κ3) is 2.55. The summed E-state index contributed by atoms with van der Waals surface area (Å²) in [5, 5.41) is 4.60. The lowest BCUT2D eigenvalue weighted by Gasteiger charge is -2.24. The van der Waals surface area contributed by atoms with Gasteiger partial charge in [-0.15, -0.1) is 0 Å². The van der Waals surface area contributed by atoms with E-state index in [1.165, 1.54) is 0 Å². The number of rotatable bonds is 4. The van der Waals surface area contributed by atoms with Crippen LogP contribution >= 0.6 is 0 Å². The molecule has 3 nitrogen and oxygen atoms in total. The average Bonchev–Trinajstić information content (AvgIpc) is 2.38. The van der Waals surface area contributed by atoms with Crippen LogP contribution in [0.25, 0.3) is 10.9 Å². The number of benzene rings is 1. The Morgan fingerprint density at radius 1 is 1.28 bits per heavy atom. The van der Waals surface area contributed by atoms with Crippen LogP contribution in [0.3, 0.4) is 0 Å². The monoisotopic (exact) mass is 243 g/mol. The Kier molecular flexibility index (Phi) is 3.41. The van der Waals surface area contributed by atoms with Crippen LogP contribution in [-0.4, -0.2) is 11.5 Å². The van der Waals surface area contributed by atoms with E-state index in [4.69, 9.17) is 5.73 Å². The van der Waals surface area contributed by atoms with E-state index in [2.05, 4.69) is 37.1 Å². The number of nitrogens with two attached hydrogens (primary N) is 1. The molecule has 0 aliphatic rings. The molecule has 0 unspecified atom stereocenters. The lowest BCUT2D eigenvalue weighted by Crippen LogP contribution is -2.22. The molecule has 0 aliphatic heterocycles. The van der Waals surface area contributed by atoms with Crippen molar-refractivity contribution in [1.82, 2.24) is 4.98 Å². The third-order valence-electron chi connectivity index (χ3n) is 3.52. The van der Waals surface area contributed by atoms with Gasteiger partial charge in [0.05, 0.1) is 11.2 Å². The van der Waals surface area contributed by atoms with E-state index in [0.29, 0.717) is 0 Å². The highest BCUT2D eigenvalue weighted by atomic mass is 14.9. The standard InChI is InChI=1S/C15H21N3/c1-4-15(2,3)10-18-13-8-7-12(16)14-11(13)6-5-9-17-14/h5-9,18H,4,10,16H2,1-3H3. The van der Waals surface area contributed by atoms with E-state index in [-0.39, 0.29) is 5.41 Å². The summed E-state index contributed by atoms with van der Waals surface area (Å²) in [5.41, 5.74) is 8.94. The van der Waals surface area contributed by atoms with Crippen LogP contribution < -0.4 is 11.1 Å². The molecule has 0 aliphatic carbocycles. The summed E-state index contributed by atoms with van der Waals surface area (Å²) in [6, 6.07) is 7.94. The maximum Gasteiger partial charge on any atom is 0.0951 e. The van der Waals surface area contributed by atoms with Gasteiger partial charge in [0, 0.05) is 23.8 Å². The molecule has 1 heterocycles. The van der Waals surface area contributed by atoms with Gasteiger partial charge < -0.3 is 11.1 Å². The minimum absolute atomic E-state index is 0.288. The second-order valence-electron chi connectivity index (χ2n) is 5.47. The number of hydrogen-bond acceptors (Lipinski definition) is 3. The highest BCUT2D eigenvalue weighted by molar-refractivity contribution is 5.98. The van der Waals surface area contributed by atoms with Crippen LogP contribution in [0.2, 0.25) is 0 Å². The van der Waals surface area contributed by atoms with Gasteiger partial charge in [-0.2, -0.15) is 0 Å². The first-order valence-corrected chi connectivity index (χ1v) is 6.40. The minimum atomic E-state index is 0.288. The highest BCUT2D eigenvalue weighted by Gasteiger charge is 2.15. The zero-order valence-electron chi connectivity index (χ0n) is 11.3. The molecule has 2 rings (SSSR count). The summed E-state index contributed by atoms with van der Waals surface area (Å²) in [5.74, 6) is 0. The van der Waals surface area contributed by atoms with Gasteiger partial charge in [0.2, 0.25) is 0 Å². The molecule has 1 aromatic carbocycles. The number of hydrogen-bond donors (Lipinski definition) is 2. The van der Waals surface area contributed by atoms with Crippen LogP contribution in [0.4, 0.5) is 11.4 Å². The van der Waals surface area contributed by atoms with E-state index in [0.717, 1.165) is 35.2 Å². The van der Waals surface area contributed by atoms with Gasteiger partial charge in [-0.1, -0.05) is 20.8 Å². The second kappa shape index (κ2) is 4.84. The molecule has 0 amide bonds. The minimum Gasteiger partial charge on any atom is -0.397 e. The molecule has 0 saturated carbocycles. The number of pyridine rings is 1. The highest BCUT2D eigenvalue weighted by Crippen LogP contribution is 2.28. The molecule has 0 atom stereocenters. The van der Waals surface area contributed by atoms with E-state index in [1.807, 2.05) is 18.2 Å². The van der Waals surface area contributed by atoms with Crippen molar-refractivity contribution in [3.05, 3.63) is 30.5 Å². The Morgan fingerprint density at radius 3 is 2.78 bits per heavy atom. The van der Waals surface area contributed by atoms with Crippen molar-refractivity contribution < 1.29 is 0 Å². The normalized spacial score (nSPS) is 11.7. The van der Waals surface area contributed by atoms with E-state index >= 15 is 0 Å². The molecule has 18 heavy (non-hydrogen) atoms. The van der Waals surface area contributed by atoms with Crippen LogP contribution in [0, 0.1) is 5.41 Å². The summed E-state index contributed by atoms with van der Waals surface area (Å²) >= 11 is 0. The van der Waals surface area contributed by atoms with Crippen molar-refractivity contribution in [3.63, 3.8) is 0 Å². The maximum atomic E-state index is 5.94. The third-order valence-corrected chi connectivity index (χ3v) is 3.52. The Balaban J connectivity index is 2.32. The largest absolute Gasteiger partial charge is 0.397 e. The van der Waals surface area contributed by atoms with Gasteiger partial charge in [0.15, 0.2) is 0 Å². The molecule has 0 radical (unpaired) electrons. The fourth-order valence-electron chi connectivity index (χ4n) is 1.81. The lowest BCUT2D eigenvalue weighted by atomic mass is 9.90. The fourth-order valence-corrected chi connectivity index (χ4v) is 1.81. The second-order valence-corrected chi connectivity index (χ2v) is 5.47. The van der Waals surface area contributed by atoms with Crippen molar-refractivity contribution in [3.8, 4) is 0 Å². The maximum absolute atomic E-state index is 5.94. The lowest BCUT2D eigenvalue weighted by molar-refractivity contribution is 0.377. The van der Waals surface area contributed by atoms with Gasteiger partial charge in [0.25, 0.3) is 0 Å². The van der Waals surface area contributed by atoms with Crippen molar-refractivity contribution in [2.45, 2.75) is 27.2 Å². The molecule has 3 heteroatoms. The summed E-state index contributed by atoms with van der Waals surface area (Å²) in [6.07, 6.45) is 2.92. The van der Waals surface area contributed by atoms with Gasteiger partial charge >= 0.3 is 0 Å². The van der Waals surface area contributed by atoms with Crippen molar-refractivity contribution >= 4 is 22.3 Å². The quantitative estimate of drug-likeness (QED) is 0.806. The van der Waals surface area contributed by atoms with Gasteiger partial charge in [-0.05, 0) is 36.1 Å². The van der Waals surface area contributed by atoms with E-state index in [9.17, 15) is 0 Å². The van der Waals surface area contributed by atoms with Crippen LogP contribution in [0.5, 0.6) is 0 Å². The molecule has 96 valence electrons. The van der Waals surface area contributed by atoms with E-state index < -0.39 is 0 Å². The number of aromatic nitrogens is 1. The van der Waals surface area contributed by atoms with Crippen LogP contribution in [0.15, 0.2) is 30.5 Å². The summed E-state index contributed by atoms with van der Waals surface area (Å²) < 4.78 is 0. The Bertz CT molecular complexity index is 546. The summed E-state index contributed by atoms with van der Waals surface area (Å²) in [7, 11) is 0. The van der Waals surface area contributed by atoms with Crippen molar-refractivity contribution in [2.75, 3.05) is 17.6 Å². The molecule has 1 aromatic heterocycles. The van der Waals surface area contributed by atoms with Gasteiger partial charge in [0.1, 0.15) is 0 Å². The smallest absolute Gasteiger partial charge is 0.0951 e. The molecular weight excluding hydrogens is 222 g/mol. The number of fused-ring (bicyclic) bond motifs is 1. The number of nitrogens with one attached hydrogen (secondary N) is 1. The van der Waals surface area contributed by atoms with Crippen LogP contribution in [-0.2, 0) is 0 Å².